The third-order valence-corrected chi connectivity index (χ3v) is 4.22. The quantitative estimate of drug-likeness (QED) is 0.669. The largest absolute Gasteiger partial charge is 0.508 e. The molecule has 1 heterocycles. The normalized spacial score (nSPS) is 17.6. The zero-order chi connectivity index (χ0) is 14.2. The number of phenols is 1. The van der Waals surface area contributed by atoms with Crippen LogP contribution in [0.3, 0.4) is 0 Å². The molecule has 1 atom stereocenters. The van der Waals surface area contributed by atoms with Crippen LogP contribution in [0.1, 0.15) is 30.0 Å². The number of anilines is 1. The van der Waals surface area contributed by atoms with Gasteiger partial charge in [-0.3, -0.25) is 5.10 Å². The zero-order valence-corrected chi connectivity index (χ0v) is 11.6. The molecule has 1 aromatic heterocycles. The van der Waals surface area contributed by atoms with Gasteiger partial charge in [-0.1, -0.05) is 6.07 Å². The molecule has 1 aliphatic carbocycles. The number of H-pyrrole nitrogens is 1. The molecule has 106 valence electrons. The van der Waals surface area contributed by atoms with E-state index in [1.165, 1.54) is 11.1 Å². The highest BCUT2D eigenvalue weighted by atomic mass is 16.3. The monoisotopic (exact) mass is 279 g/mol. The van der Waals surface area contributed by atoms with Crippen molar-refractivity contribution in [1.29, 1.82) is 0 Å². The Morgan fingerprint density at radius 2 is 2.14 bits per heavy atom. The number of benzene rings is 2. The minimum Gasteiger partial charge on any atom is -0.508 e. The summed E-state index contributed by atoms with van der Waals surface area (Å²) in [6.07, 6.45) is 5.12. The first-order valence-corrected chi connectivity index (χ1v) is 7.31. The summed E-state index contributed by atoms with van der Waals surface area (Å²) in [6.45, 7) is 0. The number of aryl methyl sites for hydroxylation is 1. The van der Waals surface area contributed by atoms with Crippen LogP contribution < -0.4 is 5.32 Å². The molecule has 3 aromatic rings. The maximum atomic E-state index is 9.63. The Bertz CT molecular complexity index is 794. The van der Waals surface area contributed by atoms with Gasteiger partial charge in [0, 0.05) is 11.1 Å². The SMILES string of the molecule is Oc1ccc2c(c1)CCCC2Nc1ccc2cn[nH]c2c1. The fourth-order valence-corrected chi connectivity index (χ4v) is 3.18. The first kappa shape index (κ1) is 12.3. The van der Waals surface area contributed by atoms with E-state index in [0.717, 1.165) is 35.9 Å². The minimum atomic E-state index is 0.301. The predicted molar refractivity (Wildman–Crippen MR) is 83.5 cm³/mol. The highest BCUT2D eigenvalue weighted by Crippen LogP contribution is 2.34. The number of rotatable bonds is 2. The number of fused-ring (bicyclic) bond motifs is 2. The number of hydrogen-bond acceptors (Lipinski definition) is 3. The smallest absolute Gasteiger partial charge is 0.115 e. The van der Waals surface area contributed by atoms with E-state index in [0.29, 0.717) is 11.8 Å². The van der Waals surface area contributed by atoms with Gasteiger partial charge in [-0.15, -0.1) is 0 Å². The van der Waals surface area contributed by atoms with Crippen LogP contribution in [0, 0.1) is 0 Å². The Labute approximate surface area is 122 Å². The van der Waals surface area contributed by atoms with Crippen LogP contribution in [-0.4, -0.2) is 15.3 Å². The number of phenolic OH excluding ortho intramolecular Hbond substituents is 1. The van der Waals surface area contributed by atoms with E-state index in [4.69, 9.17) is 0 Å². The van der Waals surface area contributed by atoms with Crippen molar-refractivity contribution >= 4 is 16.6 Å². The van der Waals surface area contributed by atoms with E-state index >= 15 is 0 Å². The topological polar surface area (TPSA) is 60.9 Å². The van der Waals surface area contributed by atoms with Gasteiger partial charge in [0.25, 0.3) is 0 Å². The molecule has 0 bridgehead atoms. The van der Waals surface area contributed by atoms with E-state index in [9.17, 15) is 5.11 Å². The summed E-state index contributed by atoms with van der Waals surface area (Å²) in [5.41, 5.74) is 4.68. The summed E-state index contributed by atoms with van der Waals surface area (Å²) >= 11 is 0. The average molecular weight is 279 g/mol. The summed E-state index contributed by atoms with van der Waals surface area (Å²) in [5, 5.41) is 21.4. The van der Waals surface area contributed by atoms with Gasteiger partial charge in [-0.2, -0.15) is 5.10 Å². The Morgan fingerprint density at radius 1 is 1.19 bits per heavy atom. The molecule has 21 heavy (non-hydrogen) atoms. The fourth-order valence-electron chi connectivity index (χ4n) is 3.18. The molecule has 0 saturated carbocycles. The lowest BCUT2D eigenvalue weighted by Crippen LogP contribution is -2.17. The lowest BCUT2D eigenvalue weighted by atomic mass is 9.87. The maximum absolute atomic E-state index is 9.63. The number of aromatic amines is 1. The van der Waals surface area contributed by atoms with Gasteiger partial charge in [0.1, 0.15) is 5.75 Å². The van der Waals surface area contributed by atoms with E-state index in [1.807, 2.05) is 18.3 Å². The van der Waals surface area contributed by atoms with Gasteiger partial charge in [0.15, 0.2) is 0 Å². The molecule has 3 N–H and O–H groups in total. The summed E-state index contributed by atoms with van der Waals surface area (Å²) in [7, 11) is 0. The Kier molecular flexibility index (Phi) is 2.81. The summed E-state index contributed by atoms with van der Waals surface area (Å²) < 4.78 is 0. The van der Waals surface area contributed by atoms with Crippen molar-refractivity contribution in [3.05, 3.63) is 53.7 Å². The second-order valence-electron chi connectivity index (χ2n) is 5.64. The maximum Gasteiger partial charge on any atom is 0.115 e. The molecule has 4 nitrogen and oxygen atoms in total. The summed E-state index contributed by atoms with van der Waals surface area (Å²) in [4.78, 5) is 0. The van der Waals surface area contributed by atoms with Gasteiger partial charge in [0.2, 0.25) is 0 Å². The lowest BCUT2D eigenvalue weighted by molar-refractivity contribution is 0.472. The molecule has 4 rings (SSSR count). The predicted octanol–water partition coefficient (Wildman–Crippen LogP) is 3.76. The standard InChI is InChI=1S/C17H17N3O/c21-14-6-7-15-11(8-14)2-1-3-16(15)19-13-5-4-12-10-18-20-17(12)9-13/h4-10,16,19,21H,1-3H2,(H,18,20). The summed E-state index contributed by atoms with van der Waals surface area (Å²) in [6, 6.07) is 12.3. The molecule has 0 spiro atoms. The van der Waals surface area contributed by atoms with Crippen molar-refractivity contribution in [2.45, 2.75) is 25.3 Å². The number of hydrogen-bond donors (Lipinski definition) is 3. The van der Waals surface area contributed by atoms with Crippen LogP contribution >= 0.6 is 0 Å². The van der Waals surface area contributed by atoms with E-state index < -0.39 is 0 Å². The molecule has 0 saturated heterocycles. The van der Waals surface area contributed by atoms with Crippen molar-refractivity contribution in [3.63, 3.8) is 0 Å². The zero-order valence-electron chi connectivity index (χ0n) is 11.6. The minimum absolute atomic E-state index is 0.301. The number of nitrogens with one attached hydrogen (secondary N) is 2. The van der Waals surface area contributed by atoms with Crippen LogP contribution in [0.2, 0.25) is 0 Å². The van der Waals surface area contributed by atoms with E-state index in [1.54, 1.807) is 6.07 Å². The van der Waals surface area contributed by atoms with Gasteiger partial charge < -0.3 is 10.4 Å². The van der Waals surface area contributed by atoms with Crippen LogP contribution in [0.5, 0.6) is 5.75 Å². The Balaban J connectivity index is 1.65. The molecular weight excluding hydrogens is 262 g/mol. The number of nitrogens with zero attached hydrogens (tertiary/aromatic N) is 1. The molecular formula is C17H17N3O. The van der Waals surface area contributed by atoms with Crippen LogP contribution in [-0.2, 0) is 6.42 Å². The van der Waals surface area contributed by atoms with Crippen molar-refractivity contribution in [3.8, 4) is 5.75 Å². The highest BCUT2D eigenvalue weighted by Gasteiger charge is 2.20. The van der Waals surface area contributed by atoms with Crippen molar-refractivity contribution in [1.82, 2.24) is 10.2 Å². The van der Waals surface area contributed by atoms with Crippen molar-refractivity contribution in [2.24, 2.45) is 0 Å². The molecule has 0 radical (unpaired) electrons. The molecule has 2 aromatic carbocycles. The molecule has 4 heteroatoms. The van der Waals surface area contributed by atoms with Crippen LogP contribution in [0.25, 0.3) is 10.9 Å². The van der Waals surface area contributed by atoms with Crippen molar-refractivity contribution < 1.29 is 5.11 Å². The molecule has 1 aliphatic rings. The van der Waals surface area contributed by atoms with Gasteiger partial charge in [-0.25, -0.2) is 0 Å². The van der Waals surface area contributed by atoms with Gasteiger partial charge in [-0.05, 0) is 60.7 Å². The molecule has 0 aliphatic heterocycles. The third kappa shape index (κ3) is 2.23. The first-order chi connectivity index (χ1) is 10.3. The molecule has 0 amide bonds. The number of aromatic hydroxyl groups is 1. The van der Waals surface area contributed by atoms with E-state index in [-0.39, 0.29) is 0 Å². The molecule has 1 unspecified atom stereocenters. The number of aromatic nitrogens is 2. The van der Waals surface area contributed by atoms with Crippen molar-refractivity contribution in [2.75, 3.05) is 5.32 Å². The van der Waals surface area contributed by atoms with E-state index in [2.05, 4.69) is 33.7 Å². The average Bonchev–Trinajstić information content (AvgIpc) is 2.95. The second kappa shape index (κ2) is 4.81. The van der Waals surface area contributed by atoms with Crippen LogP contribution in [0.15, 0.2) is 42.6 Å². The van der Waals surface area contributed by atoms with Gasteiger partial charge >= 0.3 is 0 Å². The Morgan fingerprint density at radius 3 is 3.10 bits per heavy atom. The van der Waals surface area contributed by atoms with Gasteiger partial charge in [0.05, 0.1) is 17.8 Å². The molecule has 0 fully saturated rings. The summed E-state index contributed by atoms with van der Waals surface area (Å²) in [5.74, 6) is 0.355. The highest BCUT2D eigenvalue weighted by molar-refractivity contribution is 5.81. The third-order valence-electron chi connectivity index (χ3n) is 4.22. The lowest BCUT2D eigenvalue weighted by Gasteiger charge is -2.27. The Hall–Kier alpha value is -2.49. The first-order valence-electron chi connectivity index (χ1n) is 7.31. The van der Waals surface area contributed by atoms with Crippen LogP contribution in [0.4, 0.5) is 5.69 Å². The fraction of sp³-hybridized carbons (Fsp3) is 0.235. The second-order valence-corrected chi connectivity index (χ2v) is 5.64.